The van der Waals surface area contributed by atoms with Crippen molar-refractivity contribution in [1.82, 2.24) is 9.97 Å². The van der Waals surface area contributed by atoms with Gasteiger partial charge in [0.15, 0.2) is 5.82 Å². The summed E-state index contributed by atoms with van der Waals surface area (Å²) in [7, 11) is 0. The van der Waals surface area contributed by atoms with Crippen LogP contribution in [0.25, 0.3) is 10.9 Å². The van der Waals surface area contributed by atoms with Gasteiger partial charge in [-0.05, 0) is 12.1 Å². The lowest BCUT2D eigenvalue weighted by atomic mass is 9.96. The summed E-state index contributed by atoms with van der Waals surface area (Å²) in [6.07, 6.45) is 0. The van der Waals surface area contributed by atoms with Crippen LogP contribution in [0.2, 0.25) is 0 Å². The Labute approximate surface area is 114 Å². The van der Waals surface area contributed by atoms with Gasteiger partial charge in [0.05, 0.1) is 11.2 Å². The molecule has 1 amide bonds. The van der Waals surface area contributed by atoms with Crippen LogP contribution in [0.5, 0.6) is 0 Å². The monoisotopic (exact) mass is 278 g/mol. The van der Waals surface area contributed by atoms with Crippen LogP contribution in [-0.4, -0.2) is 15.9 Å². The minimum atomic E-state index is -0.815. The Balaban J connectivity index is 2.52. The Hall–Kier alpha value is -2.44. The second-order valence-electron chi connectivity index (χ2n) is 5.48. The summed E-state index contributed by atoms with van der Waals surface area (Å²) in [5.41, 5.74) is 4.08. The lowest BCUT2D eigenvalue weighted by molar-refractivity contribution is -0.123. The molecule has 0 saturated heterocycles. The molecular weight excluding hydrogens is 263 g/mol. The number of amides is 1. The molecule has 106 valence electrons. The second-order valence-corrected chi connectivity index (χ2v) is 5.48. The van der Waals surface area contributed by atoms with Gasteiger partial charge in [0.2, 0.25) is 11.9 Å². The number of carbonyl (C=O) groups excluding carboxylic acids is 1. The van der Waals surface area contributed by atoms with Crippen molar-refractivity contribution in [3.05, 3.63) is 28.3 Å². The van der Waals surface area contributed by atoms with E-state index in [1.807, 2.05) is 0 Å². The van der Waals surface area contributed by atoms with Gasteiger partial charge in [-0.25, -0.2) is 9.37 Å². The summed E-state index contributed by atoms with van der Waals surface area (Å²) in [5.74, 6) is -1.15. The number of hydrogen-bond donors (Lipinski definition) is 3. The molecule has 1 aromatic carbocycles. The van der Waals surface area contributed by atoms with Crippen molar-refractivity contribution in [1.29, 1.82) is 0 Å². The third-order valence-electron chi connectivity index (χ3n) is 2.75. The van der Waals surface area contributed by atoms with Gasteiger partial charge in [-0.3, -0.25) is 19.9 Å². The highest BCUT2D eigenvalue weighted by Gasteiger charge is 2.22. The van der Waals surface area contributed by atoms with E-state index in [0.717, 1.165) is 0 Å². The lowest BCUT2D eigenvalue weighted by Gasteiger charge is -2.17. The fraction of sp³-hybridized carbons (Fsp3) is 0.308. The van der Waals surface area contributed by atoms with E-state index in [9.17, 15) is 14.0 Å². The largest absolute Gasteiger partial charge is 0.396 e. The van der Waals surface area contributed by atoms with Gasteiger partial charge in [-0.15, -0.1) is 0 Å². The summed E-state index contributed by atoms with van der Waals surface area (Å²) >= 11 is 0. The van der Waals surface area contributed by atoms with Gasteiger partial charge in [-0.1, -0.05) is 20.8 Å². The molecule has 0 bridgehead atoms. The van der Waals surface area contributed by atoms with E-state index in [0.29, 0.717) is 0 Å². The highest BCUT2D eigenvalue weighted by molar-refractivity contribution is 5.94. The van der Waals surface area contributed by atoms with E-state index >= 15 is 0 Å². The molecule has 0 fully saturated rings. The van der Waals surface area contributed by atoms with Crippen molar-refractivity contribution in [3.8, 4) is 0 Å². The quantitative estimate of drug-likeness (QED) is 0.690. The van der Waals surface area contributed by atoms with E-state index in [4.69, 9.17) is 5.73 Å². The molecule has 20 heavy (non-hydrogen) atoms. The molecule has 1 heterocycles. The highest BCUT2D eigenvalue weighted by atomic mass is 19.1. The first kappa shape index (κ1) is 14.0. The maximum Gasteiger partial charge on any atom is 0.263 e. The standard InChI is InChI=1S/C13H15FN4O2/c1-13(2,3)11(20)18-12-16-7-5-4-6(15)9(14)8(7)10(19)17-12/h4-5H,15H2,1-3H3,(H2,16,17,18,19,20). The molecule has 7 heteroatoms. The van der Waals surface area contributed by atoms with E-state index in [1.165, 1.54) is 12.1 Å². The summed E-state index contributed by atoms with van der Waals surface area (Å²) in [5, 5.41) is 2.27. The molecular formula is C13H15FN4O2. The average Bonchev–Trinajstić information content (AvgIpc) is 2.32. The first-order valence-corrected chi connectivity index (χ1v) is 5.99. The number of nitrogens with zero attached hydrogens (tertiary/aromatic N) is 1. The summed E-state index contributed by atoms with van der Waals surface area (Å²) in [6.45, 7) is 5.17. The molecule has 0 saturated carbocycles. The number of carbonyl (C=O) groups is 1. The first-order valence-electron chi connectivity index (χ1n) is 5.99. The van der Waals surface area contributed by atoms with Crippen molar-refractivity contribution < 1.29 is 9.18 Å². The predicted octanol–water partition coefficient (Wildman–Crippen LogP) is 1.63. The van der Waals surface area contributed by atoms with Crippen LogP contribution in [0.15, 0.2) is 16.9 Å². The number of benzene rings is 1. The third-order valence-corrected chi connectivity index (χ3v) is 2.75. The number of fused-ring (bicyclic) bond motifs is 1. The molecule has 0 aliphatic rings. The molecule has 0 spiro atoms. The lowest BCUT2D eigenvalue weighted by Crippen LogP contribution is -2.29. The highest BCUT2D eigenvalue weighted by Crippen LogP contribution is 2.20. The van der Waals surface area contributed by atoms with Crippen LogP contribution >= 0.6 is 0 Å². The molecule has 0 atom stereocenters. The van der Waals surface area contributed by atoms with Gasteiger partial charge in [0.1, 0.15) is 5.39 Å². The van der Waals surface area contributed by atoms with E-state index in [1.54, 1.807) is 20.8 Å². The van der Waals surface area contributed by atoms with Crippen molar-refractivity contribution in [3.63, 3.8) is 0 Å². The molecule has 0 radical (unpaired) electrons. The number of nitrogens with one attached hydrogen (secondary N) is 2. The number of hydrogen-bond acceptors (Lipinski definition) is 4. The maximum absolute atomic E-state index is 13.8. The number of nitrogens with two attached hydrogens (primary N) is 1. The van der Waals surface area contributed by atoms with Gasteiger partial charge in [0, 0.05) is 5.41 Å². The van der Waals surface area contributed by atoms with Crippen molar-refractivity contribution >= 4 is 28.4 Å². The molecule has 0 aliphatic heterocycles. The fourth-order valence-electron chi connectivity index (χ4n) is 1.56. The summed E-state index contributed by atoms with van der Waals surface area (Å²) in [4.78, 5) is 30.0. The average molecular weight is 278 g/mol. The number of anilines is 2. The molecule has 0 unspecified atom stereocenters. The Kier molecular flexibility index (Phi) is 3.21. The van der Waals surface area contributed by atoms with E-state index in [-0.39, 0.29) is 28.4 Å². The Bertz CT molecular complexity index is 746. The van der Waals surface area contributed by atoms with Crippen LogP contribution < -0.4 is 16.6 Å². The minimum absolute atomic E-state index is 0.0217. The number of nitrogen functional groups attached to an aromatic ring is 1. The van der Waals surface area contributed by atoms with Gasteiger partial charge < -0.3 is 5.73 Å². The van der Waals surface area contributed by atoms with E-state index < -0.39 is 16.8 Å². The second kappa shape index (κ2) is 4.59. The molecule has 0 aliphatic carbocycles. The molecule has 2 aromatic rings. The maximum atomic E-state index is 13.8. The number of H-pyrrole nitrogens is 1. The Morgan fingerprint density at radius 3 is 2.65 bits per heavy atom. The van der Waals surface area contributed by atoms with Crippen LogP contribution in [0.4, 0.5) is 16.0 Å². The zero-order valence-electron chi connectivity index (χ0n) is 11.4. The number of rotatable bonds is 1. The van der Waals surface area contributed by atoms with Gasteiger partial charge in [-0.2, -0.15) is 0 Å². The van der Waals surface area contributed by atoms with Crippen LogP contribution in [0, 0.1) is 11.2 Å². The van der Waals surface area contributed by atoms with Crippen molar-refractivity contribution in [2.45, 2.75) is 20.8 Å². The third kappa shape index (κ3) is 2.47. The van der Waals surface area contributed by atoms with Gasteiger partial charge in [0.25, 0.3) is 5.56 Å². The van der Waals surface area contributed by atoms with Crippen molar-refractivity contribution in [2.24, 2.45) is 5.41 Å². The predicted molar refractivity (Wildman–Crippen MR) is 74.8 cm³/mol. The summed E-state index contributed by atoms with van der Waals surface area (Å²) in [6, 6.07) is 2.75. The normalized spacial score (nSPS) is 11.6. The SMILES string of the molecule is CC(C)(C)C(=O)Nc1nc2ccc(N)c(F)c2c(=O)[nH]1. The molecule has 4 N–H and O–H groups in total. The van der Waals surface area contributed by atoms with Gasteiger partial charge >= 0.3 is 0 Å². The number of halogens is 1. The molecule has 1 aromatic heterocycles. The van der Waals surface area contributed by atoms with E-state index in [2.05, 4.69) is 15.3 Å². The molecule has 6 nitrogen and oxygen atoms in total. The van der Waals surface area contributed by atoms with Crippen LogP contribution in [0.1, 0.15) is 20.8 Å². The van der Waals surface area contributed by atoms with Crippen LogP contribution in [-0.2, 0) is 4.79 Å². The number of aromatic nitrogens is 2. The Morgan fingerprint density at radius 1 is 1.40 bits per heavy atom. The zero-order chi connectivity index (χ0) is 15.1. The molecule has 2 rings (SSSR count). The topological polar surface area (TPSA) is 101 Å². The minimum Gasteiger partial charge on any atom is -0.396 e. The fourth-order valence-corrected chi connectivity index (χ4v) is 1.56. The smallest absolute Gasteiger partial charge is 0.263 e. The zero-order valence-corrected chi connectivity index (χ0v) is 11.4. The van der Waals surface area contributed by atoms with Crippen molar-refractivity contribution in [2.75, 3.05) is 11.1 Å². The Morgan fingerprint density at radius 2 is 2.05 bits per heavy atom. The first-order chi connectivity index (χ1) is 9.20. The summed E-state index contributed by atoms with van der Waals surface area (Å²) < 4.78 is 13.8. The van der Waals surface area contributed by atoms with Crippen LogP contribution in [0.3, 0.4) is 0 Å². The number of aromatic amines is 1.